The van der Waals surface area contributed by atoms with E-state index in [-0.39, 0.29) is 11.9 Å². The van der Waals surface area contributed by atoms with Crippen LogP contribution in [-0.2, 0) is 0 Å². The van der Waals surface area contributed by atoms with E-state index < -0.39 is 0 Å². The number of benzene rings is 1. The van der Waals surface area contributed by atoms with E-state index in [0.29, 0.717) is 17.3 Å². The predicted molar refractivity (Wildman–Crippen MR) is 78.2 cm³/mol. The molecule has 110 valence electrons. The van der Waals surface area contributed by atoms with Gasteiger partial charge in [-0.3, -0.25) is 0 Å². The van der Waals surface area contributed by atoms with Crippen molar-refractivity contribution in [2.24, 2.45) is 0 Å². The summed E-state index contributed by atoms with van der Waals surface area (Å²) >= 11 is 0. The van der Waals surface area contributed by atoms with Crippen molar-refractivity contribution in [2.45, 2.75) is 18.9 Å². The third-order valence-corrected chi connectivity index (χ3v) is 3.33. The molecule has 1 aromatic carbocycles. The van der Waals surface area contributed by atoms with Gasteiger partial charge in [-0.1, -0.05) is 0 Å². The number of rotatable bonds is 4. The monoisotopic (exact) mass is 288 g/mol. The van der Waals surface area contributed by atoms with Gasteiger partial charge in [-0.2, -0.15) is 0 Å². The van der Waals surface area contributed by atoms with Gasteiger partial charge < -0.3 is 15.4 Å². The van der Waals surface area contributed by atoms with Crippen LogP contribution in [0.3, 0.4) is 0 Å². The first-order valence-electron chi connectivity index (χ1n) is 7.01. The summed E-state index contributed by atoms with van der Waals surface area (Å²) in [4.78, 5) is 7.97. The molecule has 2 N–H and O–H groups in total. The molecule has 0 aliphatic carbocycles. The molecule has 0 spiro atoms. The molecule has 1 fully saturated rings. The van der Waals surface area contributed by atoms with Gasteiger partial charge in [-0.05, 0) is 37.6 Å². The molecule has 2 aromatic rings. The summed E-state index contributed by atoms with van der Waals surface area (Å²) in [5.74, 6) is 0.826. The largest absolute Gasteiger partial charge is 0.487 e. The smallest absolute Gasteiger partial charge is 0.146 e. The van der Waals surface area contributed by atoms with Crippen molar-refractivity contribution < 1.29 is 9.13 Å². The molecule has 0 bridgehead atoms. The quantitative estimate of drug-likeness (QED) is 0.905. The average molecular weight is 288 g/mol. The van der Waals surface area contributed by atoms with Crippen LogP contribution >= 0.6 is 0 Å². The third-order valence-electron chi connectivity index (χ3n) is 3.33. The Bertz CT molecular complexity index is 587. The number of nitrogens with one attached hydrogen (secondary N) is 2. The molecule has 1 aliphatic rings. The summed E-state index contributed by atoms with van der Waals surface area (Å²) < 4.78 is 19.4. The zero-order chi connectivity index (χ0) is 14.5. The number of ether oxygens (including phenoxy) is 1. The van der Waals surface area contributed by atoms with Gasteiger partial charge in [0.15, 0.2) is 0 Å². The molecule has 1 aliphatic heterocycles. The first kappa shape index (κ1) is 13.8. The van der Waals surface area contributed by atoms with Gasteiger partial charge in [0, 0.05) is 18.8 Å². The fourth-order valence-corrected chi connectivity index (χ4v) is 2.30. The maximum Gasteiger partial charge on any atom is 0.146 e. The molecule has 1 atom stereocenters. The molecule has 0 radical (unpaired) electrons. The molecular weight excluding hydrogens is 271 g/mol. The Morgan fingerprint density at radius 2 is 2.29 bits per heavy atom. The molecule has 21 heavy (non-hydrogen) atoms. The van der Waals surface area contributed by atoms with Crippen LogP contribution in [-0.4, -0.2) is 29.2 Å². The first-order valence-corrected chi connectivity index (χ1v) is 7.01. The van der Waals surface area contributed by atoms with Crippen LogP contribution in [0.4, 0.5) is 15.9 Å². The van der Waals surface area contributed by atoms with Crippen molar-refractivity contribution in [3.05, 3.63) is 42.6 Å². The number of aromatic nitrogens is 2. The number of anilines is 2. The van der Waals surface area contributed by atoms with Crippen LogP contribution in [0.25, 0.3) is 0 Å². The Morgan fingerprint density at radius 3 is 3.05 bits per heavy atom. The SMILES string of the molecule is Fc1ccc(Nc2ccncn2)c(OC2CCCNC2)c1. The summed E-state index contributed by atoms with van der Waals surface area (Å²) in [5.41, 5.74) is 0.695. The summed E-state index contributed by atoms with van der Waals surface area (Å²) in [7, 11) is 0. The predicted octanol–water partition coefficient (Wildman–Crippen LogP) is 2.49. The number of piperidine rings is 1. The average Bonchev–Trinajstić information content (AvgIpc) is 2.52. The molecule has 2 heterocycles. The van der Waals surface area contributed by atoms with Crippen LogP contribution in [0.2, 0.25) is 0 Å². The van der Waals surface area contributed by atoms with E-state index in [1.807, 2.05) is 0 Å². The lowest BCUT2D eigenvalue weighted by Gasteiger charge is -2.25. The van der Waals surface area contributed by atoms with Crippen LogP contribution in [0.5, 0.6) is 5.75 Å². The van der Waals surface area contributed by atoms with Gasteiger partial charge in [-0.25, -0.2) is 14.4 Å². The van der Waals surface area contributed by atoms with Gasteiger partial charge in [0.1, 0.15) is 29.8 Å². The maximum absolute atomic E-state index is 13.5. The van der Waals surface area contributed by atoms with Crippen LogP contribution in [0.15, 0.2) is 36.8 Å². The zero-order valence-corrected chi connectivity index (χ0v) is 11.6. The van der Waals surface area contributed by atoms with Crippen molar-refractivity contribution in [1.82, 2.24) is 15.3 Å². The highest BCUT2D eigenvalue weighted by molar-refractivity contribution is 5.63. The lowest BCUT2D eigenvalue weighted by atomic mass is 10.1. The number of hydrogen-bond donors (Lipinski definition) is 2. The molecule has 5 nitrogen and oxygen atoms in total. The van der Waals surface area contributed by atoms with E-state index >= 15 is 0 Å². The van der Waals surface area contributed by atoms with E-state index in [9.17, 15) is 4.39 Å². The zero-order valence-electron chi connectivity index (χ0n) is 11.6. The van der Waals surface area contributed by atoms with Crippen LogP contribution in [0.1, 0.15) is 12.8 Å². The Kier molecular flexibility index (Phi) is 4.25. The maximum atomic E-state index is 13.5. The van der Waals surface area contributed by atoms with Gasteiger partial charge in [-0.15, -0.1) is 0 Å². The van der Waals surface area contributed by atoms with Crippen molar-refractivity contribution in [2.75, 3.05) is 18.4 Å². The van der Waals surface area contributed by atoms with Crippen molar-refractivity contribution in [3.63, 3.8) is 0 Å². The molecule has 0 saturated carbocycles. The Hall–Kier alpha value is -2.21. The second-order valence-corrected chi connectivity index (χ2v) is 4.95. The molecule has 1 aromatic heterocycles. The lowest BCUT2D eigenvalue weighted by Crippen LogP contribution is -2.37. The minimum Gasteiger partial charge on any atom is -0.487 e. The van der Waals surface area contributed by atoms with Crippen LogP contribution < -0.4 is 15.4 Å². The minimum atomic E-state index is -0.318. The number of hydrogen-bond acceptors (Lipinski definition) is 5. The second kappa shape index (κ2) is 6.49. The number of nitrogens with zero attached hydrogens (tertiary/aromatic N) is 2. The first-order chi connectivity index (χ1) is 10.3. The molecule has 6 heteroatoms. The van der Waals surface area contributed by atoms with E-state index in [1.54, 1.807) is 18.3 Å². The Labute approximate surface area is 122 Å². The topological polar surface area (TPSA) is 59.1 Å². The van der Waals surface area contributed by atoms with Gasteiger partial charge in [0.2, 0.25) is 0 Å². The minimum absolute atomic E-state index is 0.0616. The van der Waals surface area contributed by atoms with Gasteiger partial charge in [0.25, 0.3) is 0 Å². The molecule has 3 rings (SSSR count). The summed E-state index contributed by atoms with van der Waals surface area (Å²) in [6, 6.07) is 6.20. The fourth-order valence-electron chi connectivity index (χ4n) is 2.30. The van der Waals surface area contributed by atoms with Gasteiger partial charge in [0.05, 0.1) is 5.69 Å². The van der Waals surface area contributed by atoms with E-state index in [0.717, 1.165) is 25.9 Å². The highest BCUT2D eigenvalue weighted by atomic mass is 19.1. The third kappa shape index (κ3) is 3.66. The summed E-state index contributed by atoms with van der Waals surface area (Å²) in [5, 5.41) is 6.41. The van der Waals surface area contributed by atoms with Crippen molar-refractivity contribution >= 4 is 11.5 Å². The normalized spacial score (nSPS) is 18.2. The molecular formula is C15H17FN4O. The van der Waals surface area contributed by atoms with E-state index in [2.05, 4.69) is 20.6 Å². The standard InChI is InChI=1S/C15H17FN4O/c16-11-3-4-13(20-15-5-7-18-10-19-15)14(8-11)21-12-2-1-6-17-9-12/h3-5,7-8,10,12,17H,1-2,6,9H2,(H,18,19,20). The van der Waals surface area contributed by atoms with E-state index in [1.165, 1.54) is 18.5 Å². The van der Waals surface area contributed by atoms with Crippen LogP contribution in [0, 0.1) is 5.82 Å². The van der Waals surface area contributed by atoms with Crippen molar-refractivity contribution in [3.8, 4) is 5.75 Å². The van der Waals surface area contributed by atoms with Crippen molar-refractivity contribution in [1.29, 1.82) is 0 Å². The second-order valence-electron chi connectivity index (χ2n) is 4.95. The van der Waals surface area contributed by atoms with Gasteiger partial charge >= 0.3 is 0 Å². The highest BCUT2D eigenvalue weighted by Gasteiger charge is 2.17. The Balaban J connectivity index is 1.79. The molecule has 0 amide bonds. The molecule has 1 unspecified atom stereocenters. The fraction of sp³-hybridized carbons (Fsp3) is 0.333. The lowest BCUT2D eigenvalue weighted by molar-refractivity contribution is 0.167. The Morgan fingerprint density at radius 1 is 1.33 bits per heavy atom. The molecule has 1 saturated heterocycles. The summed E-state index contributed by atoms with van der Waals surface area (Å²) in [6.07, 6.45) is 5.19. The van der Waals surface area contributed by atoms with E-state index in [4.69, 9.17) is 4.74 Å². The summed E-state index contributed by atoms with van der Waals surface area (Å²) in [6.45, 7) is 1.79. The number of halogens is 1. The highest BCUT2D eigenvalue weighted by Crippen LogP contribution is 2.29.